The highest BCUT2D eigenvalue weighted by atomic mass is 79.9. The first-order chi connectivity index (χ1) is 8.13. The summed E-state index contributed by atoms with van der Waals surface area (Å²) in [4.78, 5) is 22.5. The number of carbonyl (C=O) groups is 2. The summed E-state index contributed by atoms with van der Waals surface area (Å²) in [5.41, 5.74) is 0. The lowest BCUT2D eigenvalue weighted by molar-refractivity contribution is -0.122. The predicted octanol–water partition coefficient (Wildman–Crippen LogP) is 1.58. The van der Waals surface area contributed by atoms with Crippen LogP contribution in [0.5, 0.6) is 0 Å². The summed E-state index contributed by atoms with van der Waals surface area (Å²) >= 11 is 3.05. The minimum absolute atomic E-state index is 0.0271. The minimum atomic E-state index is -0.0818. The molecule has 2 N–H and O–H groups in total. The van der Waals surface area contributed by atoms with E-state index in [1.54, 1.807) is 0 Å². The van der Waals surface area contributed by atoms with Crippen LogP contribution in [-0.4, -0.2) is 29.7 Å². The molecule has 1 aliphatic carbocycles. The van der Waals surface area contributed by atoms with E-state index in [2.05, 4.69) is 33.5 Å². The maximum atomic E-state index is 11.6. The highest BCUT2D eigenvalue weighted by Gasteiger charge is 2.22. The Bertz CT molecular complexity index is 265. The summed E-state index contributed by atoms with van der Waals surface area (Å²) in [6, 6.07) is 0.261. The number of carbonyl (C=O) groups excluding carboxylic acids is 2. The van der Waals surface area contributed by atoms with Crippen LogP contribution in [-0.2, 0) is 9.59 Å². The first kappa shape index (κ1) is 14.5. The summed E-state index contributed by atoms with van der Waals surface area (Å²) in [7, 11) is 0. The van der Waals surface area contributed by atoms with Gasteiger partial charge in [-0.1, -0.05) is 28.8 Å². The maximum absolute atomic E-state index is 11.6. The quantitative estimate of drug-likeness (QED) is 0.732. The van der Waals surface area contributed by atoms with Crippen molar-refractivity contribution in [3.05, 3.63) is 0 Å². The van der Waals surface area contributed by atoms with Gasteiger partial charge >= 0.3 is 0 Å². The van der Waals surface area contributed by atoms with Crippen LogP contribution in [0, 0.1) is 5.92 Å². The van der Waals surface area contributed by atoms with E-state index in [-0.39, 0.29) is 23.2 Å². The molecule has 0 aromatic heterocycles. The summed E-state index contributed by atoms with van der Waals surface area (Å²) < 4.78 is 0. The molecule has 5 heteroatoms. The van der Waals surface area contributed by atoms with Gasteiger partial charge in [-0.2, -0.15) is 0 Å². The molecular formula is C12H21BrN2O2. The van der Waals surface area contributed by atoms with Crippen molar-refractivity contribution in [1.29, 1.82) is 0 Å². The second-order valence-corrected chi connectivity index (χ2v) is 5.20. The first-order valence-electron chi connectivity index (χ1n) is 6.25. The molecule has 1 fully saturated rings. The summed E-state index contributed by atoms with van der Waals surface area (Å²) in [5, 5.41) is 5.96. The van der Waals surface area contributed by atoms with Gasteiger partial charge < -0.3 is 10.6 Å². The van der Waals surface area contributed by atoms with Gasteiger partial charge in [0, 0.05) is 19.0 Å². The molecule has 0 radical (unpaired) electrons. The van der Waals surface area contributed by atoms with E-state index in [9.17, 15) is 9.59 Å². The van der Waals surface area contributed by atoms with E-state index in [0.717, 1.165) is 0 Å². The first-order valence-corrected chi connectivity index (χ1v) is 7.37. The number of nitrogens with one attached hydrogen (secondary N) is 2. The Morgan fingerprint density at radius 3 is 2.53 bits per heavy atom. The average molecular weight is 305 g/mol. The Hall–Kier alpha value is -0.580. The smallest absolute Gasteiger partial charge is 0.230 e. The molecule has 0 aliphatic heterocycles. The van der Waals surface area contributed by atoms with Crippen LogP contribution in [0.15, 0.2) is 0 Å². The summed E-state index contributed by atoms with van der Waals surface area (Å²) in [6.07, 6.45) is 5.37. The van der Waals surface area contributed by atoms with E-state index < -0.39 is 0 Å². The molecule has 1 atom stereocenters. The van der Waals surface area contributed by atoms with Gasteiger partial charge in [0.15, 0.2) is 0 Å². The van der Waals surface area contributed by atoms with Crippen LogP contribution in [0.25, 0.3) is 0 Å². The van der Waals surface area contributed by atoms with Crippen molar-refractivity contribution >= 4 is 27.7 Å². The van der Waals surface area contributed by atoms with Crippen LogP contribution >= 0.6 is 15.9 Å². The van der Waals surface area contributed by atoms with Crippen molar-refractivity contribution in [1.82, 2.24) is 10.6 Å². The Kier molecular flexibility index (Phi) is 6.55. The minimum Gasteiger partial charge on any atom is -0.355 e. The lowest BCUT2D eigenvalue weighted by atomic mass is 10.00. The van der Waals surface area contributed by atoms with E-state index in [1.807, 2.05) is 0 Å². The van der Waals surface area contributed by atoms with Gasteiger partial charge in [0.1, 0.15) is 0 Å². The highest BCUT2D eigenvalue weighted by Crippen LogP contribution is 2.27. The van der Waals surface area contributed by atoms with Crippen LogP contribution in [0.1, 0.15) is 39.0 Å². The molecular weight excluding hydrogens is 284 g/mol. The van der Waals surface area contributed by atoms with Gasteiger partial charge in [-0.05, 0) is 25.7 Å². The van der Waals surface area contributed by atoms with Crippen molar-refractivity contribution in [3.8, 4) is 0 Å². The lowest BCUT2D eigenvalue weighted by Gasteiger charge is -2.20. The Balaban J connectivity index is 2.13. The third kappa shape index (κ3) is 5.52. The Morgan fingerprint density at radius 1 is 1.29 bits per heavy atom. The fraction of sp³-hybridized carbons (Fsp3) is 0.833. The van der Waals surface area contributed by atoms with Crippen molar-refractivity contribution in [2.75, 3.05) is 11.9 Å². The fourth-order valence-electron chi connectivity index (χ4n) is 2.26. The second-order valence-electron chi connectivity index (χ2n) is 4.63. The van der Waals surface area contributed by atoms with E-state index >= 15 is 0 Å². The third-order valence-corrected chi connectivity index (χ3v) is 3.80. The number of amides is 2. The molecule has 1 rings (SSSR count). The molecule has 0 saturated heterocycles. The van der Waals surface area contributed by atoms with E-state index in [1.165, 1.54) is 25.7 Å². The zero-order chi connectivity index (χ0) is 12.7. The normalized spacial score (nSPS) is 17.8. The van der Waals surface area contributed by atoms with Crippen molar-refractivity contribution in [2.45, 2.75) is 45.1 Å². The molecule has 1 unspecified atom stereocenters. The molecule has 0 aromatic carbocycles. The lowest BCUT2D eigenvalue weighted by Crippen LogP contribution is -2.39. The third-order valence-electron chi connectivity index (χ3n) is 3.29. The molecule has 2 amide bonds. The van der Waals surface area contributed by atoms with Gasteiger partial charge in [0.2, 0.25) is 11.8 Å². The molecule has 17 heavy (non-hydrogen) atoms. The van der Waals surface area contributed by atoms with Gasteiger partial charge in [-0.15, -0.1) is 0 Å². The van der Waals surface area contributed by atoms with E-state index in [0.29, 0.717) is 18.9 Å². The second kappa shape index (κ2) is 7.69. The molecule has 1 aliphatic rings. The SMILES string of the molecule is CC(NC(=O)CCNC(=O)CBr)C1CCCC1. The number of hydrogen-bond donors (Lipinski definition) is 2. The van der Waals surface area contributed by atoms with Gasteiger partial charge in [-0.3, -0.25) is 9.59 Å². The molecule has 4 nitrogen and oxygen atoms in total. The van der Waals surface area contributed by atoms with Crippen LogP contribution in [0.2, 0.25) is 0 Å². The Morgan fingerprint density at radius 2 is 1.94 bits per heavy atom. The monoisotopic (exact) mass is 304 g/mol. The van der Waals surface area contributed by atoms with Crippen molar-refractivity contribution in [3.63, 3.8) is 0 Å². The zero-order valence-corrected chi connectivity index (χ0v) is 11.9. The summed E-state index contributed by atoms with van der Waals surface area (Å²) in [6.45, 7) is 2.48. The largest absolute Gasteiger partial charge is 0.355 e. The number of hydrogen-bond acceptors (Lipinski definition) is 2. The number of rotatable bonds is 6. The van der Waals surface area contributed by atoms with Crippen LogP contribution < -0.4 is 10.6 Å². The molecule has 0 spiro atoms. The topological polar surface area (TPSA) is 58.2 Å². The average Bonchev–Trinajstić information content (AvgIpc) is 2.82. The number of alkyl halides is 1. The molecule has 98 valence electrons. The highest BCUT2D eigenvalue weighted by molar-refractivity contribution is 9.09. The summed E-state index contributed by atoms with van der Waals surface area (Å²) in [5.74, 6) is 0.581. The fourth-order valence-corrected chi connectivity index (χ4v) is 2.46. The molecule has 1 saturated carbocycles. The van der Waals surface area contributed by atoms with Gasteiger partial charge in [-0.25, -0.2) is 0 Å². The standard InChI is InChI=1S/C12H21BrN2O2/c1-9(10-4-2-3-5-10)15-11(16)6-7-14-12(17)8-13/h9-10H,2-8H2,1H3,(H,14,17)(H,15,16). The van der Waals surface area contributed by atoms with Crippen LogP contribution in [0.4, 0.5) is 0 Å². The molecule has 0 aromatic rings. The molecule has 0 heterocycles. The predicted molar refractivity (Wildman–Crippen MR) is 71.0 cm³/mol. The van der Waals surface area contributed by atoms with Crippen molar-refractivity contribution < 1.29 is 9.59 Å². The van der Waals surface area contributed by atoms with E-state index in [4.69, 9.17) is 0 Å². The van der Waals surface area contributed by atoms with Gasteiger partial charge in [0.05, 0.1) is 5.33 Å². The zero-order valence-electron chi connectivity index (χ0n) is 10.3. The van der Waals surface area contributed by atoms with Crippen LogP contribution in [0.3, 0.4) is 0 Å². The Labute approximate surface area is 111 Å². The van der Waals surface area contributed by atoms with Crippen molar-refractivity contribution in [2.24, 2.45) is 5.92 Å². The maximum Gasteiger partial charge on any atom is 0.230 e. The van der Waals surface area contributed by atoms with Gasteiger partial charge in [0.25, 0.3) is 0 Å². The molecule has 0 bridgehead atoms. The number of halogens is 1.